The van der Waals surface area contributed by atoms with E-state index in [1.807, 2.05) is 6.07 Å². The van der Waals surface area contributed by atoms with Crippen molar-refractivity contribution in [1.29, 1.82) is 0 Å². The molecular formula is C15H19NO. The zero-order valence-corrected chi connectivity index (χ0v) is 10.5. The summed E-state index contributed by atoms with van der Waals surface area (Å²) in [4.78, 5) is 11.3. The zero-order chi connectivity index (χ0) is 12.5. The number of carbonyl (C=O) groups is 1. The van der Waals surface area contributed by atoms with Gasteiger partial charge in [0.05, 0.1) is 0 Å². The van der Waals surface area contributed by atoms with E-state index in [0.29, 0.717) is 6.54 Å². The Kier molecular flexibility index (Phi) is 2.82. The Morgan fingerprint density at radius 3 is 2.47 bits per heavy atom. The van der Waals surface area contributed by atoms with Crippen LogP contribution in [-0.4, -0.2) is 12.5 Å². The molecule has 2 heteroatoms. The lowest BCUT2D eigenvalue weighted by molar-refractivity contribution is -0.116. The average Bonchev–Trinajstić information content (AvgIpc) is 2.91. The largest absolute Gasteiger partial charge is 0.352 e. The van der Waals surface area contributed by atoms with Crippen molar-refractivity contribution in [2.75, 3.05) is 6.54 Å². The van der Waals surface area contributed by atoms with Crippen LogP contribution in [0.15, 0.2) is 43.0 Å². The Balaban J connectivity index is 2.19. The molecule has 1 aliphatic rings. The number of benzene rings is 1. The van der Waals surface area contributed by atoms with E-state index >= 15 is 0 Å². The van der Waals surface area contributed by atoms with Crippen LogP contribution in [-0.2, 0) is 10.2 Å². The monoisotopic (exact) mass is 229 g/mol. The molecular weight excluding hydrogens is 210 g/mol. The van der Waals surface area contributed by atoms with E-state index in [1.54, 1.807) is 0 Å². The van der Waals surface area contributed by atoms with Gasteiger partial charge in [-0.2, -0.15) is 0 Å². The van der Waals surface area contributed by atoms with Crippen LogP contribution in [0.5, 0.6) is 0 Å². The number of nitrogens with one attached hydrogen (secondary N) is 1. The van der Waals surface area contributed by atoms with Crippen molar-refractivity contribution >= 4 is 5.91 Å². The van der Waals surface area contributed by atoms with E-state index in [4.69, 9.17) is 0 Å². The number of rotatable bonds is 4. The lowest BCUT2D eigenvalue weighted by atomic mass is 9.88. The molecule has 1 saturated carbocycles. The lowest BCUT2D eigenvalue weighted by Crippen LogP contribution is -2.33. The van der Waals surface area contributed by atoms with Gasteiger partial charge in [-0.05, 0) is 23.5 Å². The number of amides is 1. The summed E-state index contributed by atoms with van der Waals surface area (Å²) < 4.78 is 0. The minimum atomic E-state index is -0.0944. The standard InChI is InChI=1S/C15H19NO/c1-4-13(17)16-11-15(10-14(15,2)3)12-8-6-5-7-9-12/h4-9H,1,10-11H2,2-3H3,(H,16,17). The second-order valence-corrected chi connectivity index (χ2v) is 5.43. The molecule has 1 N–H and O–H groups in total. The number of carbonyl (C=O) groups excluding carboxylic acids is 1. The molecule has 0 spiro atoms. The molecule has 0 saturated heterocycles. The topological polar surface area (TPSA) is 29.1 Å². The molecule has 0 heterocycles. The second kappa shape index (κ2) is 4.02. The highest BCUT2D eigenvalue weighted by Crippen LogP contribution is 2.63. The first-order valence-electron chi connectivity index (χ1n) is 5.98. The third-order valence-corrected chi connectivity index (χ3v) is 3.99. The van der Waals surface area contributed by atoms with Crippen LogP contribution in [0.3, 0.4) is 0 Å². The van der Waals surface area contributed by atoms with Gasteiger partial charge in [0.25, 0.3) is 0 Å². The summed E-state index contributed by atoms with van der Waals surface area (Å²) in [7, 11) is 0. The van der Waals surface area contributed by atoms with Gasteiger partial charge in [-0.15, -0.1) is 0 Å². The van der Waals surface area contributed by atoms with Gasteiger partial charge >= 0.3 is 0 Å². The van der Waals surface area contributed by atoms with E-state index in [9.17, 15) is 4.79 Å². The summed E-state index contributed by atoms with van der Waals surface area (Å²) in [6.07, 6.45) is 2.44. The van der Waals surface area contributed by atoms with Crippen molar-refractivity contribution in [3.05, 3.63) is 48.6 Å². The molecule has 2 rings (SSSR count). The second-order valence-electron chi connectivity index (χ2n) is 5.43. The minimum absolute atomic E-state index is 0.0902. The Morgan fingerprint density at radius 1 is 1.41 bits per heavy atom. The summed E-state index contributed by atoms with van der Waals surface area (Å²) in [5, 5.41) is 2.93. The summed E-state index contributed by atoms with van der Waals surface area (Å²) in [5.41, 5.74) is 1.66. The summed E-state index contributed by atoms with van der Waals surface area (Å²) in [5.74, 6) is -0.0944. The fourth-order valence-electron chi connectivity index (χ4n) is 2.67. The molecule has 17 heavy (non-hydrogen) atoms. The van der Waals surface area contributed by atoms with Crippen LogP contribution in [0.1, 0.15) is 25.8 Å². The summed E-state index contributed by atoms with van der Waals surface area (Å²) >= 11 is 0. The molecule has 1 amide bonds. The Bertz CT molecular complexity index is 435. The SMILES string of the molecule is C=CC(=O)NCC1(c2ccccc2)CC1(C)C. The fraction of sp³-hybridized carbons (Fsp3) is 0.400. The van der Waals surface area contributed by atoms with E-state index in [2.05, 4.69) is 50.0 Å². The molecule has 0 aliphatic heterocycles. The molecule has 1 aromatic rings. The Morgan fingerprint density at radius 2 is 2.00 bits per heavy atom. The molecule has 1 unspecified atom stereocenters. The highest BCUT2D eigenvalue weighted by atomic mass is 16.1. The van der Waals surface area contributed by atoms with E-state index in [0.717, 1.165) is 6.42 Å². The van der Waals surface area contributed by atoms with E-state index in [-0.39, 0.29) is 16.7 Å². The van der Waals surface area contributed by atoms with Gasteiger partial charge in [-0.1, -0.05) is 50.8 Å². The van der Waals surface area contributed by atoms with Crippen LogP contribution in [0.4, 0.5) is 0 Å². The molecule has 0 bridgehead atoms. The maximum atomic E-state index is 11.3. The van der Waals surface area contributed by atoms with Gasteiger partial charge < -0.3 is 5.32 Å². The Hall–Kier alpha value is -1.57. The van der Waals surface area contributed by atoms with Gasteiger partial charge in [0.15, 0.2) is 0 Å². The van der Waals surface area contributed by atoms with Crippen molar-refractivity contribution in [3.8, 4) is 0 Å². The first-order chi connectivity index (χ1) is 8.02. The van der Waals surface area contributed by atoms with Crippen molar-refractivity contribution < 1.29 is 4.79 Å². The van der Waals surface area contributed by atoms with Gasteiger partial charge in [0.2, 0.25) is 5.91 Å². The summed E-state index contributed by atoms with van der Waals surface area (Å²) in [6, 6.07) is 10.4. The normalized spacial score (nSPS) is 25.1. The minimum Gasteiger partial charge on any atom is -0.352 e. The maximum absolute atomic E-state index is 11.3. The van der Waals surface area contributed by atoms with Gasteiger partial charge in [-0.3, -0.25) is 4.79 Å². The first kappa shape index (κ1) is 11.9. The van der Waals surface area contributed by atoms with Crippen LogP contribution >= 0.6 is 0 Å². The molecule has 0 aromatic heterocycles. The smallest absolute Gasteiger partial charge is 0.243 e. The molecule has 1 aromatic carbocycles. The third-order valence-electron chi connectivity index (χ3n) is 3.99. The predicted molar refractivity (Wildman–Crippen MR) is 69.7 cm³/mol. The van der Waals surface area contributed by atoms with Crippen LogP contribution in [0.25, 0.3) is 0 Å². The molecule has 90 valence electrons. The van der Waals surface area contributed by atoms with Crippen LogP contribution in [0.2, 0.25) is 0 Å². The molecule has 1 aliphatic carbocycles. The van der Waals surface area contributed by atoms with Crippen molar-refractivity contribution in [2.45, 2.75) is 25.7 Å². The van der Waals surface area contributed by atoms with Gasteiger partial charge in [0, 0.05) is 12.0 Å². The fourth-order valence-corrected chi connectivity index (χ4v) is 2.67. The van der Waals surface area contributed by atoms with Gasteiger partial charge in [0.1, 0.15) is 0 Å². The number of hydrogen-bond acceptors (Lipinski definition) is 1. The molecule has 1 atom stereocenters. The molecule has 2 nitrogen and oxygen atoms in total. The zero-order valence-electron chi connectivity index (χ0n) is 10.5. The highest BCUT2D eigenvalue weighted by molar-refractivity contribution is 5.87. The first-order valence-corrected chi connectivity index (χ1v) is 5.98. The van der Waals surface area contributed by atoms with Crippen molar-refractivity contribution in [2.24, 2.45) is 5.41 Å². The average molecular weight is 229 g/mol. The highest BCUT2D eigenvalue weighted by Gasteiger charge is 2.61. The molecule has 1 fully saturated rings. The quantitative estimate of drug-likeness (QED) is 0.790. The van der Waals surface area contributed by atoms with Crippen LogP contribution in [0, 0.1) is 5.41 Å². The predicted octanol–water partition coefficient (Wildman–Crippen LogP) is 2.66. The van der Waals surface area contributed by atoms with E-state index in [1.165, 1.54) is 11.6 Å². The third kappa shape index (κ3) is 1.99. The van der Waals surface area contributed by atoms with Crippen molar-refractivity contribution in [1.82, 2.24) is 5.32 Å². The van der Waals surface area contributed by atoms with E-state index < -0.39 is 0 Å². The summed E-state index contributed by atoms with van der Waals surface area (Å²) in [6.45, 7) is 8.67. The van der Waals surface area contributed by atoms with Crippen LogP contribution < -0.4 is 5.32 Å². The maximum Gasteiger partial charge on any atom is 0.243 e. The lowest BCUT2D eigenvalue weighted by Gasteiger charge is -2.21. The van der Waals surface area contributed by atoms with Gasteiger partial charge in [-0.25, -0.2) is 0 Å². The Labute approximate surface area is 103 Å². The number of hydrogen-bond donors (Lipinski definition) is 1. The van der Waals surface area contributed by atoms with Crippen molar-refractivity contribution in [3.63, 3.8) is 0 Å². The molecule has 0 radical (unpaired) electrons.